The van der Waals surface area contributed by atoms with Gasteiger partial charge in [0.15, 0.2) is 0 Å². The standard InChI is InChI=1S/C14H10N3P/c18-17-15-13-11-7-3-1-5-9(11)10-6-2-4-8-12(10)14(13)16-17/h1-8H,18H2. The molecule has 18 heavy (non-hydrogen) atoms. The van der Waals surface area contributed by atoms with Crippen LogP contribution in [0.15, 0.2) is 48.5 Å². The summed E-state index contributed by atoms with van der Waals surface area (Å²) in [5, 5.41) is 13.7. The first-order valence-corrected chi connectivity index (χ1v) is 6.28. The maximum absolute atomic E-state index is 4.46. The van der Waals surface area contributed by atoms with Gasteiger partial charge in [-0.2, -0.15) is 4.57 Å². The van der Waals surface area contributed by atoms with Gasteiger partial charge < -0.3 is 0 Å². The predicted molar refractivity (Wildman–Crippen MR) is 77.6 cm³/mol. The van der Waals surface area contributed by atoms with E-state index in [1.807, 2.05) is 12.1 Å². The summed E-state index contributed by atoms with van der Waals surface area (Å²) in [7, 11) is 2.50. The lowest BCUT2D eigenvalue weighted by atomic mass is 10.0. The van der Waals surface area contributed by atoms with E-state index in [0.717, 1.165) is 21.8 Å². The molecule has 0 fully saturated rings. The van der Waals surface area contributed by atoms with Crippen molar-refractivity contribution in [3.8, 4) is 0 Å². The molecule has 86 valence electrons. The van der Waals surface area contributed by atoms with E-state index in [1.54, 1.807) is 4.57 Å². The molecule has 3 nitrogen and oxygen atoms in total. The molecule has 4 aromatic rings. The van der Waals surface area contributed by atoms with E-state index in [9.17, 15) is 0 Å². The molecule has 0 N–H and O–H groups in total. The third-order valence-electron chi connectivity index (χ3n) is 3.28. The second-order valence-electron chi connectivity index (χ2n) is 4.31. The third-order valence-corrected chi connectivity index (χ3v) is 3.51. The Balaban J connectivity index is 2.45. The second kappa shape index (κ2) is 3.50. The van der Waals surface area contributed by atoms with Gasteiger partial charge in [-0.1, -0.05) is 48.5 Å². The van der Waals surface area contributed by atoms with Gasteiger partial charge in [-0.3, -0.25) is 0 Å². The Morgan fingerprint density at radius 1 is 0.667 bits per heavy atom. The highest BCUT2D eigenvalue weighted by Crippen LogP contribution is 2.32. The Kier molecular flexibility index (Phi) is 1.94. The second-order valence-corrected chi connectivity index (χ2v) is 4.77. The van der Waals surface area contributed by atoms with E-state index in [4.69, 9.17) is 0 Å². The van der Waals surface area contributed by atoms with Crippen LogP contribution in [0, 0.1) is 0 Å². The van der Waals surface area contributed by atoms with Crippen molar-refractivity contribution >= 4 is 42.0 Å². The number of fused-ring (bicyclic) bond motifs is 6. The lowest BCUT2D eigenvalue weighted by Gasteiger charge is -2.04. The summed E-state index contributed by atoms with van der Waals surface area (Å²) in [6.07, 6.45) is 0. The zero-order valence-corrected chi connectivity index (χ0v) is 10.7. The van der Waals surface area contributed by atoms with Crippen LogP contribution < -0.4 is 0 Å². The van der Waals surface area contributed by atoms with E-state index in [0.29, 0.717) is 0 Å². The third kappa shape index (κ3) is 1.22. The van der Waals surface area contributed by atoms with E-state index < -0.39 is 0 Å². The van der Waals surface area contributed by atoms with Crippen LogP contribution in [0.1, 0.15) is 0 Å². The Bertz CT molecular complexity index is 823. The zero-order valence-electron chi connectivity index (χ0n) is 9.54. The maximum Gasteiger partial charge on any atom is 0.122 e. The van der Waals surface area contributed by atoms with Gasteiger partial charge >= 0.3 is 0 Å². The quantitative estimate of drug-likeness (QED) is 0.354. The van der Waals surface area contributed by atoms with Gasteiger partial charge in [-0.25, -0.2) is 0 Å². The summed E-state index contributed by atoms with van der Waals surface area (Å²) in [4.78, 5) is 0. The molecule has 0 aliphatic rings. The first-order chi connectivity index (χ1) is 8.84. The average Bonchev–Trinajstić information content (AvgIpc) is 2.81. The minimum Gasteiger partial charge on any atom is -0.170 e. The minimum atomic E-state index is 0.958. The maximum atomic E-state index is 4.46. The van der Waals surface area contributed by atoms with Crippen LogP contribution in [-0.2, 0) is 0 Å². The molecule has 0 spiro atoms. The normalized spacial score (nSPS) is 11.6. The smallest absolute Gasteiger partial charge is 0.122 e. The molecule has 0 radical (unpaired) electrons. The molecule has 0 aliphatic carbocycles. The molecule has 3 aromatic carbocycles. The molecule has 4 heteroatoms. The van der Waals surface area contributed by atoms with Gasteiger partial charge in [0.25, 0.3) is 0 Å². The van der Waals surface area contributed by atoms with Gasteiger partial charge in [0.05, 0.1) is 0 Å². The van der Waals surface area contributed by atoms with Gasteiger partial charge in [-0.05, 0) is 10.8 Å². The molecule has 0 saturated heterocycles. The Morgan fingerprint density at radius 2 is 1.06 bits per heavy atom. The van der Waals surface area contributed by atoms with Gasteiger partial charge in [0.1, 0.15) is 11.0 Å². The Labute approximate surface area is 106 Å². The first-order valence-electron chi connectivity index (χ1n) is 5.76. The van der Waals surface area contributed by atoms with Crippen LogP contribution in [0.3, 0.4) is 0 Å². The number of aromatic nitrogens is 3. The van der Waals surface area contributed by atoms with Crippen LogP contribution in [0.25, 0.3) is 32.6 Å². The van der Waals surface area contributed by atoms with E-state index in [2.05, 4.69) is 56.0 Å². The number of hydrogen-bond acceptors (Lipinski definition) is 2. The van der Waals surface area contributed by atoms with Crippen LogP contribution >= 0.6 is 9.39 Å². The van der Waals surface area contributed by atoms with Crippen molar-refractivity contribution in [2.45, 2.75) is 0 Å². The highest BCUT2D eigenvalue weighted by atomic mass is 31.0. The van der Waals surface area contributed by atoms with Crippen LogP contribution in [-0.4, -0.2) is 14.8 Å². The SMILES string of the molecule is Pn1nc2c3ccccc3c3ccccc3c2n1. The van der Waals surface area contributed by atoms with Crippen molar-refractivity contribution in [2.24, 2.45) is 0 Å². The first kappa shape index (κ1) is 9.98. The summed E-state index contributed by atoms with van der Waals surface area (Å²) >= 11 is 0. The summed E-state index contributed by atoms with van der Waals surface area (Å²) in [6.45, 7) is 0. The van der Waals surface area contributed by atoms with Crippen molar-refractivity contribution in [1.29, 1.82) is 0 Å². The van der Waals surface area contributed by atoms with Crippen LogP contribution in [0.4, 0.5) is 0 Å². The molecule has 0 amide bonds. The van der Waals surface area contributed by atoms with Crippen molar-refractivity contribution in [3.63, 3.8) is 0 Å². The fourth-order valence-electron chi connectivity index (χ4n) is 2.53. The molecular weight excluding hydrogens is 241 g/mol. The molecule has 1 unspecified atom stereocenters. The fraction of sp³-hybridized carbons (Fsp3) is 0. The van der Waals surface area contributed by atoms with Gasteiger partial charge in [-0.15, -0.1) is 10.2 Å². The largest absolute Gasteiger partial charge is 0.170 e. The highest BCUT2D eigenvalue weighted by Gasteiger charge is 2.11. The average molecular weight is 251 g/mol. The Hall–Kier alpha value is -1.99. The summed E-state index contributed by atoms with van der Waals surface area (Å²) in [6, 6.07) is 16.7. The topological polar surface area (TPSA) is 30.7 Å². The molecule has 0 bridgehead atoms. The van der Waals surface area contributed by atoms with Crippen molar-refractivity contribution < 1.29 is 0 Å². The number of rotatable bonds is 0. The van der Waals surface area contributed by atoms with Crippen molar-refractivity contribution in [2.75, 3.05) is 0 Å². The molecule has 4 rings (SSSR count). The minimum absolute atomic E-state index is 0.958. The molecular formula is C14H10N3P. The summed E-state index contributed by atoms with van der Waals surface area (Å²) in [5.41, 5.74) is 1.92. The molecule has 0 saturated carbocycles. The van der Waals surface area contributed by atoms with Crippen LogP contribution in [0.2, 0.25) is 0 Å². The molecule has 0 aliphatic heterocycles. The van der Waals surface area contributed by atoms with Gasteiger partial charge in [0, 0.05) is 20.2 Å². The number of benzene rings is 3. The van der Waals surface area contributed by atoms with E-state index >= 15 is 0 Å². The van der Waals surface area contributed by atoms with Crippen molar-refractivity contribution in [1.82, 2.24) is 14.8 Å². The lowest BCUT2D eigenvalue weighted by Crippen LogP contribution is -1.81. The molecule has 1 aromatic heterocycles. The summed E-state index contributed by atoms with van der Waals surface area (Å²) in [5.74, 6) is 0. The fourth-order valence-corrected chi connectivity index (χ4v) is 2.76. The summed E-state index contributed by atoms with van der Waals surface area (Å²) < 4.78 is 1.56. The van der Waals surface area contributed by atoms with Gasteiger partial charge in [0.2, 0.25) is 0 Å². The van der Waals surface area contributed by atoms with Crippen LogP contribution in [0.5, 0.6) is 0 Å². The zero-order chi connectivity index (χ0) is 12.1. The number of hydrogen-bond donors (Lipinski definition) is 0. The van der Waals surface area contributed by atoms with E-state index in [1.165, 1.54) is 10.8 Å². The molecule has 1 atom stereocenters. The highest BCUT2D eigenvalue weighted by molar-refractivity contribution is 7.14. The molecule has 1 heterocycles. The Morgan fingerprint density at radius 3 is 1.50 bits per heavy atom. The number of nitrogens with zero attached hydrogens (tertiary/aromatic N) is 3. The lowest BCUT2D eigenvalue weighted by molar-refractivity contribution is 0.883. The van der Waals surface area contributed by atoms with Crippen molar-refractivity contribution in [3.05, 3.63) is 48.5 Å². The van der Waals surface area contributed by atoms with E-state index in [-0.39, 0.29) is 0 Å². The monoisotopic (exact) mass is 251 g/mol. The predicted octanol–water partition coefficient (Wildman–Crippen LogP) is 3.38.